The van der Waals surface area contributed by atoms with Crippen LogP contribution in [0.3, 0.4) is 0 Å². The van der Waals surface area contributed by atoms with Crippen LogP contribution in [0.1, 0.15) is 61.5 Å². The molecule has 3 rings (SSSR count). The molecule has 0 aliphatic carbocycles. The van der Waals surface area contributed by atoms with Crippen molar-refractivity contribution in [2.24, 2.45) is 5.11 Å². The van der Waals surface area contributed by atoms with Crippen LogP contribution in [0.2, 0.25) is 0 Å². The first-order chi connectivity index (χ1) is 23.9. The zero-order chi connectivity index (χ0) is 38.5. The number of ketones is 1. The third-order valence-electron chi connectivity index (χ3n) is 4.99. The fourth-order valence-electron chi connectivity index (χ4n) is 2.52. The zero-order valence-electron chi connectivity index (χ0n) is 28.7. The van der Waals surface area contributed by atoms with Crippen molar-refractivity contribution in [3.63, 3.8) is 0 Å². The second-order valence-electron chi connectivity index (χ2n) is 8.96. The first-order valence-corrected chi connectivity index (χ1v) is 16.2. The molecule has 1 saturated heterocycles. The largest absolute Gasteiger partial charge is 0.459 e. The van der Waals surface area contributed by atoms with Crippen LogP contribution in [0, 0.1) is 68.6 Å². The minimum Gasteiger partial charge on any atom is -0.459 e. The van der Waals surface area contributed by atoms with Gasteiger partial charge in [-0.3, -0.25) is 13.7 Å². The van der Waals surface area contributed by atoms with Gasteiger partial charge in [0, 0.05) is 63.2 Å². The molecule has 15 heteroatoms. The average molecular weight is 709 g/mol. The Hall–Kier alpha value is -5.56. The Bertz CT molecular complexity index is 1580. The topological polar surface area (TPSA) is 196 Å². The summed E-state index contributed by atoms with van der Waals surface area (Å²) in [6.45, 7) is 6.48. The minimum atomic E-state index is -3.64. The summed E-state index contributed by atoms with van der Waals surface area (Å²) in [6, 6.07) is 6.47. The molecule has 0 atom stereocenters. The standard InChI is InChI=1S/C11H12O3S.C8H9N3O.C4H5N3.C4H4O2.C4H8O.C4H6O/c1-3-4-9-14-15(12,13)11-7-5-10(2)6-8-11;1-3-4-5-11-6-8(7(2)12)9-10-11;1-2-3-4-6-7-5;1-3-4(5)6-2;1-2-4-5-3-1;1-2-3-4-5/h1,5-8H,4,9H2,2H3;1,6H,4-5H2,2H3;1H,3-4H2;1H,2H3;1-4H2;1,5H,3-4H2. The predicted octanol–water partition coefficient (Wildman–Crippen LogP) is 4.14. The lowest BCUT2D eigenvalue weighted by Crippen LogP contribution is -2.07. The van der Waals surface area contributed by atoms with Gasteiger partial charge in [-0.2, -0.15) is 8.42 Å². The van der Waals surface area contributed by atoms with E-state index in [0.717, 1.165) is 18.8 Å². The SMILES string of the molecule is C#CC(=O)OC.C#CCCN=[N+]=[N-].C#CCCO.C#CCCOS(=O)(=O)c1ccc(C)cc1.C#CCCn1cc(C(C)=O)nn1.C1CCOC1. The molecular weight excluding hydrogens is 664 g/mol. The number of hydrogen-bond acceptors (Lipinski definition) is 11. The number of ether oxygens (including phenoxy) is 2. The van der Waals surface area contributed by atoms with E-state index in [9.17, 15) is 18.0 Å². The molecular formula is C35H44N6O8S. The molecule has 0 amide bonds. The van der Waals surface area contributed by atoms with Crippen LogP contribution in [-0.4, -0.2) is 80.4 Å². The number of hydrogen-bond donors (Lipinski definition) is 1. The van der Waals surface area contributed by atoms with E-state index in [0.29, 0.717) is 38.0 Å². The van der Waals surface area contributed by atoms with Crippen molar-refractivity contribution in [1.82, 2.24) is 15.0 Å². The maximum atomic E-state index is 11.5. The summed E-state index contributed by atoms with van der Waals surface area (Å²) in [5.41, 5.74) is 9.06. The number of benzene rings is 1. The molecule has 50 heavy (non-hydrogen) atoms. The Kier molecular flexibility index (Phi) is 34.0. The number of Topliss-reactive ketones (excluding diaryl/α,β-unsaturated/α-hetero) is 1. The Morgan fingerprint density at radius 1 is 1.02 bits per heavy atom. The highest BCUT2D eigenvalue weighted by molar-refractivity contribution is 7.86. The maximum Gasteiger partial charge on any atom is 0.383 e. The summed E-state index contributed by atoms with van der Waals surface area (Å²) in [5, 5.41) is 18.5. The normalized spacial score (nSPS) is 10.1. The van der Waals surface area contributed by atoms with Crippen LogP contribution in [0.15, 0.2) is 40.5 Å². The molecule has 2 aromatic rings. The number of aromatic nitrogens is 3. The highest BCUT2D eigenvalue weighted by atomic mass is 32.2. The Morgan fingerprint density at radius 2 is 1.60 bits per heavy atom. The summed E-state index contributed by atoms with van der Waals surface area (Å²) in [6.07, 6.45) is 30.2. The fraction of sp³-hybridized carbons (Fsp3) is 0.429. The van der Waals surface area contributed by atoms with Gasteiger partial charge in [0.1, 0.15) is 5.69 Å². The van der Waals surface area contributed by atoms with Crippen molar-refractivity contribution in [1.29, 1.82) is 0 Å². The fourth-order valence-corrected chi connectivity index (χ4v) is 3.43. The second-order valence-corrected chi connectivity index (χ2v) is 10.6. The number of aliphatic hydroxyl groups is 1. The summed E-state index contributed by atoms with van der Waals surface area (Å²) in [7, 11) is -2.41. The molecule has 1 aliphatic heterocycles. The van der Waals surface area contributed by atoms with Gasteiger partial charge in [-0.25, -0.2) is 4.79 Å². The Morgan fingerprint density at radius 3 is 1.96 bits per heavy atom. The number of aryl methyl sites for hydroxylation is 2. The molecule has 1 N–H and O–H groups in total. The minimum absolute atomic E-state index is 0.0205. The molecule has 1 aromatic heterocycles. The van der Waals surface area contributed by atoms with E-state index in [1.54, 1.807) is 28.9 Å². The van der Waals surface area contributed by atoms with E-state index in [4.69, 9.17) is 45.3 Å². The number of terminal acetylenes is 5. The highest BCUT2D eigenvalue weighted by Crippen LogP contribution is 2.13. The average Bonchev–Trinajstić information content (AvgIpc) is 3.86. The number of carbonyl (C=O) groups excluding carboxylic acids is 2. The number of azide groups is 1. The van der Waals surface area contributed by atoms with Crippen LogP contribution in [0.4, 0.5) is 0 Å². The van der Waals surface area contributed by atoms with Crippen LogP contribution >= 0.6 is 0 Å². The number of rotatable bonds is 10. The van der Waals surface area contributed by atoms with Crippen LogP contribution < -0.4 is 0 Å². The summed E-state index contributed by atoms with van der Waals surface area (Å²) >= 11 is 0. The van der Waals surface area contributed by atoms with E-state index in [1.807, 2.05) is 6.92 Å². The Balaban J connectivity index is -0.000000563. The van der Waals surface area contributed by atoms with Gasteiger partial charge in [-0.05, 0) is 37.4 Å². The molecule has 0 unspecified atom stereocenters. The van der Waals surface area contributed by atoms with E-state index < -0.39 is 16.1 Å². The van der Waals surface area contributed by atoms with Crippen molar-refractivity contribution in [2.75, 3.05) is 40.1 Å². The maximum absolute atomic E-state index is 11.5. The summed E-state index contributed by atoms with van der Waals surface area (Å²) in [4.78, 5) is 23.2. The molecule has 1 aromatic carbocycles. The number of aliphatic hydroxyl groups excluding tert-OH is 1. The molecule has 0 radical (unpaired) electrons. The van der Waals surface area contributed by atoms with Gasteiger partial charge in [-0.15, -0.1) is 60.9 Å². The van der Waals surface area contributed by atoms with Gasteiger partial charge in [-0.1, -0.05) is 28.0 Å². The molecule has 2 heterocycles. The van der Waals surface area contributed by atoms with Gasteiger partial charge in [0.25, 0.3) is 10.1 Å². The van der Waals surface area contributed by atoms with Gasteiger partial charge in [0.2, 0.25) is 0 Å². The van der Waals surface area contributed by atoms with Gasteiger partial charge in [0.15, 0.2) is 5.78 Å². The zero-order valence-corrected chi connectivity index (χ0v) is 29.5. The first kappa shape index (κ1) is 48.8. The smallest absolute Gasteiger partial charge is 0.383 e. The lowest BCUT2D eigenvalue weighted by molar-refractivity contribution is -0.133. The van der Waals surface area contributed by atoms with E-state index in [1.165, 1.54) is 39.0 Å². The van der Waals surface area contributed by atoms with Crippen LogP contribution in [0.5, 0.6) is 0 Å². The number of methoxy groups -OCH3 is 1. The monoisotopic (exact) mass is 708 g/mol. The van der Waals surface area contributed by atoms with Crippen LogP contribution in [0.25, 0.3) is 10.4 Å². The lowest BCUT2D eigenvalue weighted by Gasteiger charge is -2.03. The van der Waals surface area contributed by atoms with Crippen molar-refractivity contribution in [3.05, 3.63) is 52.2 Å². The molecule has 0 spiro atoms. The van der Waals surface area contributed by atoms with Gasteiger partial charge < -0.3 is 14.6 Å². The van der Waals surface area contributed by atoms with Crippen molar-refractivity contribution in [3.8, 4) is 61.7 Å². The Labute approximate surface area is 296 Å². The van der Waals surface area contributed by atoms with Gasteiger partial charge >= 0.3 is 5.97 Å². The van der Waals surface area contributed by atoms with Gasteiger partial charge in [0.05, 0.1) is 38.0 Å². The van der Waals surface area contributed by atoms with E-state index in [2.05, 4.69) is 55.2 Å². The number of esters is 1. The molecule has 268 valence electrons. The number of nitrogens with zero attached hydrogens (tertiary/aromatic N) is 6. The predicted molar refractivity (Wildman–Crippen MR) is 190 cm³/mol. The summed E-state index contributed by atoms with van der Waals surface area (Å²) in [5.74, 6) is 10.4. The van der Waals surface area contributed by atoms with Crippen molar-refractivity contribution >= 4 is 21.9 Å². The van der Waals surface area contributed by atoms with E-state index in [-0.39, 0.29) is 30.3 Å². The third-order valence-corrected chi connectivity index (χ3v) is 6.31. The second kappa shape index (κ2) is 34.8. The van der Waals surface area contributed by atoms with E-state index >= 15 is 0 Å². The molecule has 1 fully saturated rings. The van der Waals surface area contributed by atoms with Crippen LogP contribution in [-0.2, 0) is 35.1 Å². The van der Waals surface area contributed by atoms with Crippen molar-refractivity contribution < 1.29 is 36.8 Å². The molecule has 0 saturated carbocycles. The molecule has 1 aliphatic rings. The third kappa shape index (κ3) is 31.1. The summed E-state index contributed by atoms with van der Waals surface area (Å²) < 4.78 is 38.3. The highest BCUT2D eigenvalue weighted by Gasteiger charge is 2.13. The first-order valence-electron chi connectivity index (χ1n) is 14.8. The number of carbonyl (C=O) groups is 2. The molecule has 0 bridgehead atoms. The lowest BCUT2D eigenvalue weighted by atomic mass is 10.2. The van der Waals surface area contributed by atoms with Crippen molar-refractivity contribution in [2.45, 2.75) is 63.8 Å². The quantitative estimate of drug-likeness (QED) is 0.0431. The molecule has 14 nitrogen and oxygen atoms in total.